The van der Waals surface area contributed by atoms with E-state index in [1.165, 1.54) is 0 Å². The van der Waals surface area contributed by atoms with Gasteiger partial charge in [0.15, 0.2) is 0 Å². The van der Waals surface area contributed by atoms with Gasteiger partial charge in [0.25, 0.3) is 0 Å². The molecule has 1 heterocycles. The van der Waals surface area contributed by atoms with E-state index in [-0.39, 0.29) is 0 Å². The standard InChI is InChI=1S/C14H17N3O2/c1-9-7-16-14(17-8-9)13(15)12-10(18-2)5-4-6-11(12)19-3/h4-8,13H,15H2,1-3H3. The average Bonchev–Trinajstić information content (AvgIpc) is 2.46. The maximum absolute atomic E-state index is 6.23. The van der Waals surface area contributed by atoms with E-state index >= 15 is 0 Å². The first-order valence-electron chi connectivity index (χ1n) is 5.92. The monoisotopic (exact) mass is 259 g/mol. The van der Waals surface area contributed by atoms with E-state index < -0.39 is 6.04 Å². The molecular weight excluding hydrogens is 242 g/mol. The zero-order chi connectivity index (χ0) is 13.8. The highest BCUT2D eigenvalue weighted by Gasteiger charge is 2.21. The zero-order valence-electron chi connectivity index (χ0n) is 11.3. The molecule has 19 heavy (non-hydrogen) atoms. The number of rotatable bonds is 4. The molecule has 1 atom stereocenters. The second-order valence-corrected chi connectivity index (χ2v) is 4.17. The van der Waals surface area contributed by atoms with Crippen molar-refractivity contribution in [3.8, 4) is 11.5 Å². The molecule has 5 nitrogen and oxygen atoms in total. The molecule has 1 aromatic heterocycles. The maximum Gasteiger partial charge on any atom is 0.149 e. The molecule has 1 aromatic carbocycles. The number of nitrogens with two attached hydrogens (primary N) is 1. The Hall–Kier alpha value is -2.14. The largest absolute Gasteiger partial charge is 0.496 e. The van der Waals surface area contributed by atoms with Crippen LogP contribution in [0.1, 0.15) is 23.0 Å². The van der Waals surface area contributed by atoms with Crippen LogP contribution in [0.3, 0.4) is 0 Å². The van der Waals surface area contributed by atoms with Crippen molar-refractivity contribution in [1.29, 1.82) is 0 Å². The van der Waals surface area contributed by atoms with Crippen LogP contribution in [0.2, 0.25) is 0 Å². The topological polar surface area (TPSA) is 70.3 Å². The van der Waals surface area contributed by atoms with Crippen LogP contribution in [-0.4, -0.2) is 24.2 Å². The average molecular weight is 259 g/mol. The summed E-state index contributed by atoms with van der Waals surface area (Å²) in [5, 5.41) is 0. The van der Waals surface area contributed by atoms with Gasteiger partial charge in [-0.25, -0.2) is 9.97 Å². The van der Waals surface area contributed by atoms with Gasteiger partial charge in [0.05, 0.1) is 25.8 Å². The first-order valence-corrected chi connectivity index (χ1v) is 5.92. The van der Waals surface area contributed by atoms with Crippen molar-refractivity contribution in [3.63, 3.8) is 0 Å². The van der Waals surface area contributed by atoms with Crippen LogP contribution in [0.25, 0.3) is 0 Å². The molecule has 1 unspecified atom stereocenters. The Bertz CT molecular complexity index is 533. The molecule has 0 bridgehead atoms. The number of aryl methyl sites for hydroxylation is 1. The van der Waals surface area contributed by atoms with Gasteiger partial charge in [0.2, 0.25) is 0 Å². The van der Waals surface area contributed by atoms with Crippen LogP contribution in [0.4, 0.5) is 0 Å². The SMILES string of the molecule is COc1cccc(OC)c1C(N)c1ncc(C)cn1. The van der Waals surface area contributed by atoms with Crippen molar-refractivity contribution >= 4 is 0 Å². The lowest BCUT2D eigenvalue weighted by Gasteiger charge is -2.17. The fourth-order valence-corrected chi connectivity index (χ4v) is 1.88. The molecule has 0 aliphatic rings. The Balaban J connectivity index is 2.47. The first-order chi connectivity index (χ1) is 9.17. The van der Waals surface area contributed by atoms with Gasteiger partial charge in [0, 0.05) is 12.4 Å². The third kappa shape index (κ3) is 2.66. The van der Waals surface area contributed by atoms with Crippen LogP contribution in [0, 0.1) is 6.92 Å². The Kier molecular flexibility index (Phi) is 3.97. The molecular formula is C14H17N3O2. The Morgan fingerprint density at radius 3 is 2.05 bits per heavy atom. The second-order valence-electron chi connectivity index (χ2n) is 4.17. The smallest absolute Gasteiger partial charge is 0.149 e. The summed E-state index contributed by atoms with van der Waals surface area (Å²) in [5.74, 6) is 1.86. The van der Waals surface area contributed by atoms with E-state index in [9.17, 15) is 0 Å². The molecule has 0 saturated heterocycles. The van der Waals surface area contributed by atoms with Gasteiger partial charge in [-0.2, -0.15) is 0 Å². The van der Waals surface area contributed by atoms with Crippen molar-refractivity contribution in [2.45, 2.75) is 13.0 Å². The van der Waals surface area contributed by atoms with E-state index in [2.05, 4.69) is 9.97 Å². The number of aromatic nitrogens is 2. The van der Waals surface area contributed by atoms with E-state index in [4.69, 9.17) is 15.2 Å². The van der Waals surface area contributed by atoms with Crippen molar-refractivity contribution in [2.24, 2.45) is 5.73 Å². The third-order valence-electron chi connectivity index (χ3n) is 2.86. The van der Waals surface area contributed by atoms with Crippen LogP contribution >= 0.6 is 0 Å². The fourth-order valence-electron chi connectivity index (χ4n) is 1.88. The number of nitrogens with zero attached hydrogens (tertiary/aromatic N) is 2. The summed E-state index contributed by atoms with van der Waals surface area (Å²) in [4.78, 5) is 8.52. The molecule has 0 aliphatic heterocycles. The van der Waals surface area contributed by atoms with E-state index in [1.54, 1.807) is 26.6 Å². The number of ether oxygens (including phenoxy) is 2. The van der Waals surface area contributed by atoms with Crippen molar-refractivity contribution in [3.05, 3.63) is 47.5 Å². The number of methoxy groups -OCH3 is 2. The summed E-state index contributed by atoms with van der Waals surface area (Å²) < 4.78 is 10.7. The normalized spacial score (nSPS) is 12.0. The van der Waals surface area contributed by atoms with Crippen LogP contribution in [0.15, 0.2) is 30.6 Å². The summed E-state index contributed by atoms with van der Waals surface area (Å²) in [6.07, 6.45) is 3.48. The molecule has 0 amide bonds. The lowest BCUT2D eigenvalue weighted by molar-refractivity contribution is 0.381. The van der Waals surface area contributed by atoms with Crippen molar-refractivity contribution < 1.29 is 9.47 Å². The molecule has 0 saturated carbocycles. The van der Waals surface area contributed by atoms with Gasteiger partial charge in [-0.3, -0.25) is 0 Å². The third-order valence-corrected chi connectivity index (χ3v) is 2.86. The summed E-state index contributed by atoms with van der Waals surface area (Å²) >= 11 is 0. The highest BCUT2D eigenvalue weighted by Crippen LogP contribution is 2.34. The zero-order valence-corrected chi connectivity index (χ0v) is 11.3. The molecule has 0 aliphatic carbocycles. The maximum atomic E-state index is 6.23. The molecule has 2 aromatic rings. The molecule has 2 rings (SSSR count). The fraction of sp³-hybridized carbons (Fsp3) is 0.286. The van der Waals surface area contributed by atoms with Gasteiger partial charge in [0.1, 0.15) is 17.3 Å². The number of hydrogen-bond donors (Lipinski definition) is 1. The molecule has 0 fully saturated rings. The summed E-state index contributed by atoms with van der Waals surface area (Å²) in [6.45, 7) is 1.93. The first kappa shape index (κ1) is 13.3. The van der Waals surface area contributed by atoms with E-state index in [1.807, 2.05) is 25.1 Å². The summed E-state index contributed by atoms with van der Waals surface area (Å²) in [5.41, 5.74) is 7.97. The molecule has 100 valence electrons. The molecule has 2 N–H and O–H groups in total. The van der Waals surface area contributed by atoms with Crippen LogP contribution in [-0.2, 0) is 0 Å². The lowest BCUT2D eigenvalue weighted by atomic mass is 10.0. The number of benzene rings is 1. The predicted molar refractivity (Wildman–Crippen MR) is 72.3 cm³/mol. The van der Waals surface area contributed by atoms with E-state index in [0.717, 1.165) is 11.1 Å². The summed E-state index contributed by atoms with van der Waals surface area (Å²) in [7, 11) is 3.20. The van der Waals surface area contributed by atoms with E-state index in [0.29, 0.717) is 17.3 Å². The molecule has 5 heteroatoms. The van der Waals surface area contributed by atoms with Crippen molar-refractivity contribution in [2.75, 3.05) is 14.2 Å². The predicted octanol–water partition coefficient (Wildman–Crippen LogP) is 1.85. The minimum Gasteiger partial charge on any atom is -0.496 e. The number of hydrogen-bond acceptors (Lipinski definition) is 5. The van der Waals surface area contributed by atoms with Gasteiger partial charge in [-0.15, -0.1) is 0 Å². The van der Waals surface area contributed by atoms with Crippen LogP contribution < -0.4 is 15.2 Å². The molecule has 0 spiro atoms. The summed E-state index contributed by atoms with van der Waals surface area (Å²) in [6, 6.07) is 5.04. The molecule has 0 radical (unpaired) electrons. The minimum atomic E-state index is -0.494. The van der Waals surface area contributed by atoms with Crippen LogP contribution in [0.5, 0.6) is 11.5 Å². The Labute approximate surface area is 112 Å². The van der Waals surface area contributed by atoms with Gasteiger partial charge in [-0.1, -0.05) is 6.07 Å². The van der Waals surface area contributed by atoms with Crippen molar-refractivity contribution in [1.82, 2.24) is 9.97 Å². The second kappa shape index (κ2) is 5.67. The van der Waals surface area contributed by atoms with Gasteiger partial charge >= 0.3 is 0 Å². The van der Waals surface area contributed by atoms with Gasteiger partial charge in [-0.05, 0) is 24.6 Å². The quantitative estimate of drug-likeness (QED) is 0.907. The minimum absolute atomic E-state index is 0.494. The highest BCUT2D eigenvalue weighted by atomic mass is 16.5. The Morgan fingerprint density at radius 1 is 1.05 bits per heavy atom. The Morgan fingerprint density at radius 2 is 1.58 bits per heavy atom. The lowest BCUT2D eigenvalue weighted by Crippen LogP contribution is -2.17. The highest BCUT2D eigenvalue weighted by molar-refractivity contribution is 5.48. The van der Waals surface area contributed by atoms with Gasteiger partial charge < -0.3 is 15.2 Å².